The molecule has 2 aromatic rings. The highest BCUT2D eigenvalue weighted by atomic mass is 15.0. The predicted molar refractivity (Wildman–Crippen MR) is 77.0 cm³/mol. The molecule has 2 heteroatoms. The summed E-state index contributed by atoms with van der Waals surface area (Å²) >= 11 is 0. The fourth-order valence-electron chi connectivity index (χ4n) is 1.87. The molecule has 0 radical (unpaired) electrons. The van der Waals surface area contributed by atoms with Crippen LogP contribution in [0.2, 0.25) is 0 Å². The lowest BCUT2D eigenvalue weighted by molar-refractivity contribution is 0.565. The molecular weight excluding hydrogens is 220 g/mol. The minimum absolute atomic E-state index is 1.01. The summed E-state index contributed by atoms with van der Waals surface area (Å²) in [6.45, 7) is 2.10. The summed E-state index contributed by atoms with van der Waals surface area (Å²) < 4.78 is 0. The number of allylic oxidation sites excluding steroid dienone is 1. The van der Waals surface area contributed by atoms with E-state index in [-0.39, 0.29) is 0 Å². The van der Waals surface area contributed by atoms with Crippen LogP contribution in [0.25, 0.3) is 16.8 Å². The maximum absolute atomic E-state index is 4.52. The molecule has 0 fully saturated rings. The van der Waals surface area contributed by atoms with Gasteiger partial charge in [0.15, 0.2) is 0 Å². The fourth-order valence-corrected chi connectivity index (χ4v) is 1.87. The van der Waals surface area contributed by atoms with Crippen LogP contribution < -0.4 is 0 Å². The van der Waals surface area contributed by atoms with E-state index in [0.29, 0.717) is 0 Å². The van der Waals surface area contributed by atoms with Crippen molar-refractivity contribution in [3.63, 3.8) is 0 Å². The van der Waals surface area contributed by atoms with E-state index in [1.165, 1.54) is 5.57 Å². The second kappa shape index (κ2) is 5.50. The van der Waals surface area contributed by atoms with Gasteiger partial charge in [-0.3, -0.25) is 4.98 Å². The molecule has 18 heavy (non-hydrogen) atoms. The van der Waals surface area contributed by atoms with Gasteiger partial charge in [-0.15, -0.1) is 0 Å². The summed E-state index contributed by atoms with van der Waals surface area (Å²) in [6.07, 6.45) is 4.02. The molecule has 1 heterocycles. The molecule has 92 valence electrons. The van der Waals surface area contributed by atoms with Crippen LogP contribution in [0.3, 0.4) is 0 Å². The van der Waals surface area contributed by atoms with Crippen molar-refractivity contribution in [2.45, 2.75) is 6.92 Å². The lowest BCUT2D eigenvalue weighted by atomic mass is 10.1. The molecule has 2 rings (SSSR count). The summed E-state index contributed by atoms with van der Waals surface area (Å²) in [5.41, 5.74) is 4.53. The highest BCUT2D eigenvalue weighted by Gasteiger charge is 2.00. The Morgan fingerprint density at radius 1 is 1.06 bits per heavy atom. The Kier molecular flexibility index (Phi) is 3.78. The van der Waals surface area contributed by atoms with Crippen LogP contribution in [0.15, 0.2) is 54.9 Å². The minimum Gasteiger partial charge on any atom is -0.383 e. The molecule has 1 aromatic carbocycles. The first-order valence-corrected chi connectivity index (χ1v) is 6.03. The minimum atomic E-state index is 1.01. The molecule has 0 saturated heterocycles. The van der Waals surface area contributed by atoms with E-state index in [0.717, 1.165) is 16.8 Å². The average molecular weight is 238 g/mol. The number of benzene rings is 1. The average Bonchev–Trinajstić information content (AvgIpc) is 2.39. The van der Waals surface area contributed by atoms with Crippen LogP contribution in [0.5, 0.6) is 0 Å². The molecule has 2 nitrogen and oxygen atoms in total. The van der Waals surface area contributed by atoms with Gasteiger partial charge in [-0.1, -0.05) is 36.4 Å². The zero-order chi connectivity index (χ0) is 13.0. The maximum Gasteiger partial charge on any atom is 0.0702 e. The molecule has 0 atom stereocenters. The van der Waals surface area contributed by atoms with Crippen LogP contribution in [-0.2, 0) is 0 Å². The van der Waals surface area contributed by atoms with Gasteiger partial charge in [-0.2, -0.15) is 0 Å². The zero-order valence-corrected chi connectivity index (χ0v) is 11.1. The third kappa shape index (κ3) is 2.98. The molecular formula is C16H18N2. The van der Waals surface area contributed by atoms with Crippen molar-refractivity contribution in [3.8, 4) is 11.3 Å². The summed E-state index contributed by atoms with van der Waals surface area (Å²) in [5.74, 6) is 0. The molecule has 0 aliphatic carbocycles. The number of nitrogens with zero attached hydrogens (tertiary/aromatic N) is 2. The van der Waals surface area contributed by atoms with Crippen molar-refractivity contribution in [1.29, 1.82) is 0 Å². The monoisotopic (exact) mass is 238 g/mol. The Hall–Kier alpha value is -2.09. The number of aromatic nitrogens is 1. The van der Waals surface area contributed by atoms with E-state index < -0.39 is 0 Å². The van der Waals surface area contributed by atoms with Gasteiger partial charge in [0.05, 0.1) is 5.69 Å². The van der Waals surface area contributed by atoms with Gasteiger partial charge in [-0.05, 0) is 24.1 Å². The fraction of sp³-hybridized carbons (Fsp3) is 0.188. The van der Waals surface area contributed by atoms with Crippen LogP contribution in [-0.4, -0.2) is 24.0 Å². The standard InChI is InChI=1S/C16H18N2/c1-13(12-18(2)3)15-9-10-16(17-11-15)14-7-5-4-6-8-14/h4-12H,1-3H3/b13-12+. The first-order chi connectivity index (χ1) is 8.66. The topological polar surface area (TPSA) is 16.1 Å². The van der Waals surface area contributed by atoms with Gasteiger partial charge in [-0.25, -0.2) is 0 Å². The Morgan fingerprint density at radius 2 is 1.78 bits per heavy atom. The second-order valence-corrected chi connectivity index (χ2v) is 4.57. The largest absolute Gasteiger partial charge is 0.383 e. The zero-order valence-electron chi connectivity index (χ0n) is 11.1. The van der Waals surface area contributed by atoms with Crippen molar-refractivity contribution in [2.75, 3.05) is 14.1 Å². The van der Waals surface area contributed by atoms with Crippen LogP contribution in [0.1, 0.15) is 12.5 Å². The molecule has 0 aliphatic rings. The maximum atomic E-state index is 4.52. The van der Waals surface area contributed by atoms with Crippen LogP contribution in [0, 0.1) is 0 Å². The van der Waals surface area contributed by atoms with Crippen molar-refractivity contribution >= 4 is 5.57 Å². The summed E-state index contributed by atoms with van der Waals surface area (Å²) in [6, 6.07) is 14.4. The van der Waals surface area contributed by atoms with E-state index in [1.807, 2.05) is 43.4 Å². The summed E-state index contributed by atoms with van der Waals surface area (Å²) in [7, 11) is 4.05. The SMILES string of the molecule is C/C(=C\N(C)C)c1ccc(-c2ccccc2)nc1. The molecule has 0 spiro atoms. The smallest absolute Gasteiger partial charge is 0.0702 e. The highest BCUT2D eigenvalue weighted by Crippen LogP contribution is 2.19. The molecule has 0 N–H and O–H groups in total. The first kappa shape index (κ1) is 12.4. The quantitative estimate of drug-likeness (QED) is 0.811. The van der Waals surface area contributed by atoms with Crippen LogP contribution >= 0.6 is 0 Å². The summed E-state index contributed by atoms with van der Waals surface area (Å²) in [5, 5.41) is 0. The van der Waals surface area contributed by atoms with Gasteiger partial charge in [0.2, 0.25) is 0 Å². The molecule has 0 unspecified atom stereocenters. The Morgan fingerprint density at radius 3 is 2.33 bits per heavy atom. The van der Waals surface area contributed by atoms with Gasteiger partial charge >= 0.3 is 0 Å². The molecule has 0 saturated carbocycles. The van der Waals surface area contributed by atoms with Gasteiger partial charge in [0.1, 0.15) is 0 Å². The van der Waals surface area contributed by atoms with Gasteiger partial charge in [0.25, 0.3) is 0 Å². The Balaban J connectivity index is 2.26. The first-order valence-electron chi connectivity index (χ1n) is 6.03. The third-order valence-electron chi connectivity index (χ3n) is 2.74. The molecule has 1 aromatic heterocycles. The number of pyridine rings is 1. The molecule has 0 bridgehead atoms. The predicted octanol–water partition coefficient (Wildman–Crippen LogP) is 3.67. The molecule has 0 aliphatic heterocycles. The normalized spacial score (nSPS) is 11.4. The van der Waals surface area contributed by atoms with Crippen molar-refractivity contribution < 1.29 is 0 Å². The number of hydrogen-bond acceptors (Lipinski definition) is 2. The van der Waals surface area contributed by atoms with E-state index in [1.54, 1.807) is 0 Å². The molecule has 0 amide bonds. The van der Waals surface area contributed by atoms with Crippen molar-refractivity contribution in [1.82, 2.24) is 9.88 Å². The lowest BCUT2D eigenvalue weighted by Gasteiger charge is -2.08. The van der Waals surface area contributed by atoms with E-state index in [9.17, 15) is 0 Å². The third-order valence-corrected chi connectivity index (χ3v) is 2.74. The van der Waals surface area contributed by atoms with E-state index in [4.69, 9.17) is 0 Å². The van der Waals surface area contributed by atoms with Crippen molar-refractivity contribution in [2.24, 2.45) is 0 Å². The van der Waals surface area contributed by atoms with Crippen molar-refractivity contribution in [3.05, 3.63) is 60.4 Å². The number of rotatable bonds is 3. The van der Waals surface area contributed by atoms with Crippen LogP contribution in [0.4, 0.5) is 0 Å². The second-order valence-electron chi connectivity index (χ2n) is 4.57. The highest BCUT2D eigenvalue weighted by molar-refractivity contribution is 5.66. The van der Waals surface area contributed by atoms with E-state index >= 15 is 0 Å². The van der Waals surface area contributed by atoms with Gasteiger partial charge in [0, 0.05) is 32.1 Å². The Bertz CT molecular complexity index is 525. The van der Waals surface area contributed by atoms with E-state index in [2.05, 4.69) is 42.4 Å². The summed E-state index contributed by atoms with van der Waals surface area (Å²) in [4.78, 5) is 6.56. The lowest BCUT2D eigenvalue weighted by Crippen LogP contribution is -2.01. The number of hydrogen-bond donors (Lipinski definition) is 0. The van der Waals surface area contributed by atoms with Gasteiger partial charge < -0.3 is 4.90 Å². The Labute approximate surface area is 109 Å².